The van der Waals surface area contributed by atoms with Crippen LogP contribution in [-0.4, -0.2) is 0 Å². The SMILES string of the molecule is NC(CCCc1ccccc1)c1cc(F)c(F)c(F)c1. The topological polar surface area (TPSA) is 26.0 Å². The Morgan fingerprint density at radius 3 is 2.15 bits per heavy atom. The van der Waals surface area contributed by atoms with Crippen molar-refractivity contribution >= 4 is 0 Å². The summed E-state index contributed by atoms with van der Waals surface area (Å²) in [6.45, 7) is 0. The molecule has 2 rings (SSSR count). The molecule has 20 heavy (non-hydrogen) atoms. The van der Waals surface area contributed by atoms with E-state index in [4.69, 9.17) is 5.73 Å². The molecular formula is C16H16F3N. The van der Waals surface area contributed by atoms with Crippen LogP contribution in [0.5, 0.6) is 0 Å². The molecule has 4 heteroatoms. The molecule has 0 bridgehead atoms. The second-order valence-electron chi connectivity index (χ2n) is 4.78. The lowest BCUT2D eigenvalue weighted by Crippen LogP contribution is -2.12. The van der Waals surface area contributed by atoms with Gasteiger partial charge in [0.2, 0.25) is 0 Å². The van der Waals surface area contributed by atoms with Crippen molar-refractivity contribution in [2.75, 3.05) is 0 Å². The van der Waals surface area contributed by atoms with E-state index in [0.717, 1.165) is 25.0 Å². The van der Waals surface area contributed by atoms with E-state index in [-0.39, 0.29) is 5.56 Å². The molecule has 1 atom stereocenters. The molecule has 0 amide bonds. The highest BCUT2D eigenvalue weighted by atomic mass is 19.2. The molecule has 0 heterocycles. The zero-order chi connectivity index (χ0) is 14.5. The normalized spacial score (nSPS) is 12.4. The van der Waals surface area contributed by atoms with E-state index in [1.165, 1.54) is 5.56 Å². The monoisotopic (exact) mass is 279 g/mol. The average molecular weight is 279 g/mol. The fourth-order valence-corrected chi connectivity index (χ4v) is 2.13. The molecule has 106 valence electrons. The molecular weight excluding hydrogens is 263 g/mol. The predicted molar refractivity (Wildman–Crippen MR) is 72.6 cm³/mol. The van der Waals surface area contributed by atoms with Crippen molar-refractivity contribution in [3.8, 4) is 0 Å². The average Bonchev–Trinajstić information content (AvgIpc) is 2.45. The second kappa shape index (κ2) is 6.57. The highest BCUT2D eigenvalue weighted by molar-refractivity contribution is 5.22. The molecule has 0 aliphatic carbocycles. The number of rotatable bonds is 5. The van der Waals surface area contributed by atoms with Crippen LogP contribution < -0.4 is 5.73 Å². The van der Waals surface area contributed by atoms with Crippen molar-refractivity contribution in [3.63, 3.8) is 0 Å². The summed E-state index contributed by atoms with van der Waals surface area (Å²) in [5, 5.41) is 0. The molecule has 2 aromatic rings. The van der Waals surface area contributed by atoms with Crippen LogP contribution in [0.15, 0.2) is 42.5 Å². The van der Waals surface area contributed by atoms with Crippen LogP contribution in [0.25, 0.3) is 0 Å². The molecule has 0 saturated heterocycles. The second-order valence-corrected chi connectivity index (χ2v) is 4.78. The molecule has 0 aromatic heterocycles. The van der Waals surface area contributed by atoms with Crippen LogP contribution >= 0.6 is 0 Å². The quantitative estimate of drug-likeness (QED) is 0.818. The fourth-order valence-electron chi connectivity index (χ4n) is 2.13. The first-order valence-corrected chi connectivity index (χ1v) is 6.52. The molecule has 0 aliphatic heterocycles. The highest BCUT2D eigenvalue weighted by Crippen LogP contribution is 2.21. The van der Waals surface area contributed by atoms with E-state index in [1.807, 2.05) is 30.3 Å². The van der Waals surface area contributed by atoms with Crippen molar-refractivity contribution in [1.82, 2.24) is 0 Å². The first-order valence-electron chi connectivity index (χ1n) is 6.52. The Labute approximate surface area is 116 Å². The number of benzene rings is 2. The smallest absolute Gasteiger partial charge is 0.194 e. The third-order valence-corrected chi connectivity index (χ3v) is 3.26. The van der Waals surface area contributed by atoms with Crippen molar-refractivity contribution in [2.45, 2.75) is 25.3 Å². The van der Waals surface area contributed by atoms with Gasteiger partial charge in [0, 0.05) is 6.04 Å². The summed E-state index contributed by atoms with van der Waals surface area (Å²) in [6, 6.07) is 11.3. The maximum atomic E-state index is 13.1. The maximum Gasteiger partial charge on any atom is 0.194 e. The van der Waals surface area contributed by atoms with Crippen LogP contribution in [0.4, 0.5) is 13.2 Å². The van der Waals surface area contributed by atoms with Crippen LogP contribution in [0, 0.1) is 17.5 Å². The number of hydrogen-bond acceptors (Lipinski definition) is 1. The third kappa shape index (κ3) is 3.61. The van der Waals surface area contributed by atoms with Crippen LogP contribution in [0.1, 0.15) is 30.0 Å². The zero-order valence-electron chi connectivity index (χ0n) is 11.0. The van der Waals surface area contributed by atoms with Gasteiger partial charge in [-0.1, -0.05) is 30.3 Å². The first kappa shape index (κ1) is 14.6. The minimum Gasteiger partial charge on any atom is -0.324 e. The minimum atomic E-state index is -1.45. The van der Waals surface area contributed by atoms with Gasteiger partial charge in [-0.2, -0.15) is 0 Å². The van der Waals surface area contributed by atoms with Crippen molar-refractivity contribution in [1.29, 1.82) is 0 Å². The highest BCUT2D eigenvalue weighted by Gasteiger charge is 2.14. The summed E-state index contributed by atoms with van der Waals surface area (Å²) >= 11 is 0. The van der Waals surface area contributed by atoms with Gasteiger partial charge >= 0.3 is 0 Å². The summed E-state index contributed by atoms with van der Waals surface area (Å²) in [7, 11) is 0. The van der Waals surface area contributed by atoms with E-state index in [2.05, 4.69) is 0 Å². The maximum absolute atomic E-state index is 13.1. The lowest BCUT2D eigenvalue weighted by Gasteiger charge is -2.12. The molecule has 0 aliphatic rings. The standard InChI is InChI=1S/C16H16F3N/c17-13-9-12(10-14(18)16(13)19)15(20)8-4-7-11-5-2-1-3-6-11/h1-3,5-6,9-10,15H,4,7-8,20H2. The molecule has 0 radical (unpaired) electrons. The Morgan fingerprint density at radius 2 is 1.55 bits per heavy atom. The summed E-state index contributed by atoms with van der Waals surface area (Å²) in [6.07, 6.45) is 2.23. The Balaban J connectivity index is 1.93. The molecule has 2 N–H and O–H groups in total. The molecule has 0 fully saturated rings. The van der Waals surface area contributed by atoms with E-state index in [9.17, 15) is 13.2 Å². The molecule has 1 nitrogen and oxygen atoms in total. The first-order chi connectivity index (χ1) is 9.58. The lowest BCUT2D eigenvalue weighted by molar-refractivity contribution is 0.442. The minimum absolute atomic E-state index is 0.287. The van der Waals surface area contributed by atoms with Crippen molar-refractivity contribution in [3.05, 3.63) is 71.0 Å². The van der Waals surface area contributed by atoms with Crippen molar-refractivity contribution in [2.24, 2.45) is 5.73 Å². The van der Waals surface area contributed by atoms with Gasteiger partial charge in [-0.15, -0.1) is 0 Å². The Kier molecular flexibility index (Phi) is 4.79. The summed E-state index contributed by atoms with van der Waals surface area (Å²) in [5.74, 6) is -3.85. The lowest BCUT2D eigenvalue weighted by atomic mass is 9.99. The number of nitrogens with two attached hydrogens (primary N) is 1. The third-order valence-electron chi connectivity index (χ3n) is 3.26. The number of halogens is 3. The largest absolute Gasteiger partial charge is 0.324 e. The summed E-state index contributed by atoms with van der Waals surface area (Å²) < 4.78 is 39.1. The van der Waals surface area contributed by atoms with E-state index < -0.39 is 23.5 Å². The fraction of sp³-hybridized carbons (Fsp3) is 0.250. The van der Waals surface area contributed by atoms with Gasteiger partial charge in [0.15, 0.2) is 17.5 Å². The van der Waals surface area contributed by atoms with Gasteiger partial charge in [0.1, 0.15) is 0 Å². The van der Waals surface area contributed by atoms with Gasteiger partial charge in [-0.05, 0) is 42.5 Å². The molecule has 1 unspecified atom stereocenters. The van der Waals surface area contributed by atoms with Crippen LogP contribution in [0.2, 0.25) is 0 Å². The Bertz CT molecular complexity index is 546. The van der Waals surface area contributed by atoms with Gasteiger partial charge in [-0.25, -0.2) is 13.2 Å². The van der Waals surface area contributed by atoms with Crippen LogP contribution in [-0.2, 0) is 6.42 Å². The van der Waals surface area contributed by atoms with E-state index in [0.29, 0.717) is 6.42 Å². The van der Waals surface area contributed by atoms with Crippen molar-refractivity contribution < 1.29 is 13.2 Å². The summed E-state index contributed by atoms with van der Waals surface area (Å²) in [4.78, 5) is 0. The van der Waals surface area contributed by atoms with Crippen LogP contribution in [0.3, 0.4) is 0 Å². The predicted octanol–water partition coefficient (Wildman–Crippen LogP) is 4.13. The van der Waals surface area contributed by atoms with Gasteiger partial charge in [0.05, 0.1) is 0 Å². The van der Waals surface area contributed by atoms with E-state index >= 15 is 0 Å². The Hall–Kier alpha value is -1.81. The molecule has 2 aromatic carbocycles. The van der Waals surface area contributed by atoms with Gasteiger partial charge in [0.25, 0.3) is 0 Å². The Morgan fingerprint density at radius 1 is 0.950 bits per heavy atom. The number of aryl methyl sites for hydroxylation is 1. The summed E-state index contributed by atoms with van der Waals surface area (Å²) in [5.41, 5.74) is 7.37. The zero-order valence-corrected chi connectivity index (χ0v) is 11.0. The number of hydrogen-bond donors (Lipinski definition) is 1. The van der Waals surface area contributed by atoms with E-state index in [1.54, 1.807) is 0 Å². The molecule has 0 spiro atoms. The van der Waals surface area contributed by atoms with Gasteiger partial charge in [-0.3, -0.25) is 0 Å². The van der Waals surface area contributed by atoms with Gasteiger partial charge < -0.3 is 5.73 Å². The molecule has 0 saturated carbocycles.